The third-order valence-electron chi connectivity index (χ3n) is 2.85. The molecule has 1 heterocycles. The number of aromatic nitrogens is 1. The van der Waals surface area contributed by atoms with E-state index in [1.165, 1.54) is 0 Å². The van der Waals surface area contributed by atoms with Gasteiger partial charge in [0.2, 0.25) is 5.91 Å². The van der Waals surface area contributed by atoms with Crippen LogP contribution in [0.2, 0.25) is 0 Å². The predicted molar refractivity (Wildman–Crippen MR) is 69.8 cm³/mol. The summed E-state index contributed by atoms with van der Waals surface area (Å²) in [4.78, 5) is 22.7. The molecule has 0 fully saturated rings. The fraction of sp³-hybridized carbons (Fsp3) is 0.231. The minimum Gasteiger partial charge on any atom is -0.347 e. The molecule has 2 aromatic rings. The Hall–Kier alpha value is -2.14. The molecule has 0 unspecified atom stereocenters. The summed E-state index contributed by atoms with van der Waals surface area (Å²) < 4.78 is 1.97. The van der Waals surface area contributed by atoms with Crippen molar-refractivity contribution in [3.63, 3.8) is 0 Å². The van der Waals surface area contributed by atoms with Gasteiger partial charge in [-0.1, -0.05) is 12.1 Å². The zero-order valence-electron chi connectivity index (χ0n) is 9.93. The van der Waals surface area contributed by atoms with E-state index in [0.29, 0.717) is 24.8 Å². The lowest BCUT2D eigenvalue weighted by Crippen LogP contribution is -2.29. The van der Waals surface area contributed by atoms with E-state index in [1.807, 2.05) is 22.8 Å². The summed E-state index contributed by atoms with van der Waals surface area (Å²) in [6.45, 7) is 0.675. The number of benzene rings is 1. The molecule has 0 spiro atoms. The van der Waals surface area contributed by atoms with Crippen molar-refractivity contribution in [2.24, 2.45) is 5.84 Å². The minimum absolute atomic E-state index is 0.0153. The Bertz CT molecular complexity index is 619. The number of fused-ring (bicyclic) bond motifs is 1. The number of carbonyl (C=O) groups excluding carboxylic acids is 1. The van der Waals surface area contributed by atoms with E-state index in [0.717, 1.165) is 5.52 Å². The van der Waals surface area contributed by atoms with Crippen LogP contribution in [-0.4, -0.2) is 10.5 Å². The fourth-order valence-corrected chi connectivity index (χ4v) is 1.94. The molecule has 94 valence electrons. The maximum atomic E-state index is 11.7. The Balaban J connectivity index is 2.21. The van der Waals surface area contributed by atoms with Crippen LogP contribution in [0.25, 0.3) is 10.9 Å². The summed E-state index contributed by atoms with van der Waals surface area (Å²) in [5.74, 6) is 4.83. The molecule has 0 radical (unpaired) electrons. The van der Waals surface area contributed by atoms with E-state index in [1.54, 1.807) is 18.3 Å². The molecule has 18 heavy (non-hydrogen) atoms. The van der Waals surface area contributed by atoms with Gasteiger partial charge in [0.1, 0.15) is 0 Å². The molecular formula is C13H15N3O2. The summed E-state index contributed by atoms with van der Waals surface area (Å²) in [5, 5.41) is 0.697. The van der Waals surface area contributed by atoms with Gasteiger partial charge in [0, 0.05) is 30.6 Å². The molecular weight excluding hydrogens is 230 g/mol. The van der Waals surface area contributed by atoms with Crippen LogP contribution in [-0.2, 0) is 11.3 Å². The van der Waals surface area contributed by atoms with E-state index >= 15 is 0 Å². The Morgan fingerprint density at radius 3 is 2.83 bits per heavy atom. The van der Waals surface area contributed by atoms with Gasteiger partial charge in [0.05, 0.1) is 5.52 Å². The van der Waals surface area contributed by atoms with Crippen molar-refractivity contribution < 1.29 is 4.79 Å². The summed E-state index contributed by atoms with van der Waals surface area (Å²) in [6.07, 6.45) is 2.80. The number of aryl methyl sites for hydroxylation is 1. The van der Waals surface area contributed by atoms with Crippen LogP contribution in [0, 0.1) is 0 Å². The molecule has 0 saturated heterocycles. The van der Waals surface area contributed by atoms with E-state index in [4.69, 9.17) is 5.84 Å². The first-order chi connectivity index (χ1) is 8.72. The molecule has 0 aliphatic carbocycles. The fourth-order valence-electron chi connectivity index (χ4n) is 1.94. The van der Waals surface area contributed by atoms with Crippen LogP contribution in [0.5, 0.6) is 0 Å². The van der Waals surface area contributed by atoms with Crippen LogP contribution in [0.15, 0.2) is 41.3 Å². The van der Waals surface area contributed by atoms with Gasteiger partial charge in [-0.25, -0.2) is 5.84 Å². The highest BCUT2D eigenvalue weighted by molar-refractivity contribution is 5.78. The van der Waals surface area contributed by atoms with E-state index < -0.39 is 0 Å². The summed E-state index contributed by atoms with van der Waals surface area (Å²) in [7, 11) is 0. The molecule has 0 aliphatic heterocycles. The van der Waals surface area contributed by atoms with Gasteiger partial charge < -0.3 is 4.57 Å². The number of para-hydroxylation sites is 1. The lowest BCUT2D eigenvalue weighted by Gasteiger charge is -2.09. The SMILES string of the molecule is NNC(=O)CCCn1ccc(=O)c2ccccc21. The normalized spacial score (nSPS) is 10.5. The number of amides is 1. The number of rotatable bonds is 4. The van der Waals surface area contributed by atoms with Crippen molar-refractivity contribution in [2.75, 3.05) is 0 Å². The Morgan fingerprint density at radius 2 is 2.06 bits per heavy atom. The van der Waals surface area contributed by atoms with Gasteiger partial charge in [0.25, 0.3) is 0 Å². The first-order valence-corrected chi connectivity index (χ1v) is 5.80. The molecule has 0 atom stereocenters. The third-order valence-corrected chi connectivity index (χ3v) is 2.85. The predicted octanol–water partition coefficient (Wildman–Crippen LogP) is 0.772. The molecule has 0 bridgehead atoms. The van der Waals surface area contributed by atoms with Crippen molar-refractivity contribution in [2.45, 2.75) is 19.4 Å². The zero-order chi connectivity index (χ0) is 13.0. The smallest absolute Gasteiger partial charge is 0.233 e. The number of nitrogens with one attached hydrogen (secondary N) is 1. The van der Waals surface area contributed by atoms with Crippen LogP contribution < -0.4 is 16.7 Å². The highest BCUT2D eigenvalue weighted by atomic mass is 16.2. The average Bonchev–Trinajstić information content (AvgIpc) is 2.41. The van der Waals surface area contributed by atoms with Crippen molar-refractivity contribution in [1.29, 1.82) is 0 Å². The van der Waals surface area contributed by atoms with E-state index in [-0.39, 0.29) is 11.3 Å². The lowest BCUT2D eigenvalue weighted by atomic mass is 10.2. The molecule has 1 aromatic carbocycles. The minimum atomic E-state index is -0.180. The van der Waals surface area contributed by atoms with Gasteiger partial charge in [-0.15, -0.1) is 0 Å². The number of nitrogens with two attached hydrogens (primary N) is 1. The number of hydrogen-bond acceptors (Lipinski definition) is 3. The quantitative estimate of drug-likeness (QED) is 0.474. The van der Waals surface area contributed by atoms with Crippen LogP contribution >= 0.6 is 0 Å². The van der Waals surface area contributed by atoms with Gasteiger partial charge in [-0.3, -0.25) is 15.0 Å². The number of carbonyl (C=O) groups is 1. The average molecular weight is 245 g/mol. The summed E-state index contributed by atoms with van der Waals surface area (Å²) >= 11 is 0. The standard InChI is InChI=1S/C13H15N3O2/c14-15-13(18)6-3-8-16-9-7-12(17)10-4-1-2-5-11(10)16/h1-2,4-5,7,9H,3,6,8,14H2,(H,15,18). The lowest BCUT2D eigenvalue weighted by molar-refractivity contribution is -0.121. The molecule has 0 aliphatic rings. The number of hydrazine groups is 1. The second-order valence-electron chi connectivity index (χ2n) is 4.06. The molecule has 1 aromatic heterocycles. The number of nitrogens with zero attached hydrogens (tertiary/aromatic N) is 1. The maximum absolute atomic E-state index is 11.7. The second-order valence-corrected chi connectivity index (χ2v) is 4.06. The highest BCUT2D eigenvalue weighted by Gasteiger charge is 2.03. The van der Waals surface area contributed by atoms with Crippen molar-refractivity contribution in [1.82, 2.24) is 9.99 Å². The Labute approximate surface area is 104 Å². The Kier molecular flexibility index (Phi) is 3.74. The molecule has 0 saturated carbocycles. The second kappa shape index (κ2) is 5.46. The Morgan fingerprint density at radius 1 is 1.28 bits per heavy atom. The van der Waals surface area contributed by atoms with Crippen LogP contribution in [0.4, 0.5) is 0 Å². The molecule has 1 amide bonds. The highest BCUT2D eigenvalue weighted by Crippen LogP contribution is 2.10. The van der Waals surface area contributed by atoms with Crippen LogP contribution in [0.3, 0.4) is 0 Å². The number of pyridine rings is 1. The van der Waals surface area contributed by atoms with Crippen molar-refractivity contribution in [3.05, 3.63) is 46.8 Å². The maximum Gasteiger partial charge on any atom is 0.233 e. The monoisotopic (exact) mass is 245 g/mol. The topological polar surface area (TPSA) is 77.1 Å². The first-order valence-electron chi connectivity index (χ1n) is 5.80. The molecule has 2 rings (SSSR count). The molecule has 3 N–H and O–H groups in total. The molecule has 5 heteroatoms. The van der Waals surface area contributed by atoms with Crippen molar-refractivity contribution in [3.8, 4) is 0 Å². The van der Waals surface area contributed by atoms with Gasteiger partial charge >= 0.3 is 0 Å². The third kappa shape index (κ3) is 2.57. The molecule has 5 nitrogen and oxygen atoms in total. The first kappa shape index (κ1) is 12.3. The van der Waals surface area contributed by atoms with E-state index in [2.05, 4.69) is 5.43 Å². The summed E-state index contributed by atoms with van der Waals surface area (Å²) in [5.41, 5.74) is 3.00. The largest absolute Gasteiger partial charge is 0.347 e. The zero-order valence-corrected chi connectivity index (χ0v) is 9.93. The summed E-state index contributed by atoms with van der Waals surface area (Å²) in [6, 6.07) is 8.99. The van der Waals surface area contributed by atoms with E-state index in [9.17, 15) is 9.59 Å². The van der Waals surface area contributed by atoms with Gasteiger partial charge in [-0.05, 0) is 18.6 Å². The van der Waals surface area contributed by atoms with Crippen LogP contribution in [0.1, 0.15) is 12.8 Å². The van der Waals surface area contributed by atoms with Crippen molar-refractivity contribution >= 4 is 16.8 Å². The van der Waals surface area contributed by atoms with Gasteiger partial charge in [-0.2, -0.15) is 0 Å². The number of hydrogen-bond donors (Lipinski definition) is 2. The van der Waals surface area contributed by atoms with Gasteiger partial charge in [0.15, 0.2) is 5.43 Å².